The number of rotatable bonds is 4. The fourth-order valence-electron chi connectivity index (χ4n) is 4.39. The van der Waals surface area contributed by atoms with Crippen LogP contribution in [-0.2, 0) is 4.79 Å². The van der Waals surface area contributed by atoms with E-state index in [-0.39, 0.29) is 23.4 Å². The summed E-state index contributed by atoms with van der Waals surface area (Å²) in [5.41, 5.74) is 1.01. The third-order valence-corrected chi connectivity index (χ3v) is 6.37. The Labute approximate surface area is 175 Å². The highest BCUT2D eigenvalue weighted by Gasteiger charge is 2.30. The first kappa shape index (κ1) is 20.5. The number of hydrogen-bond acceptors (Lipinski definition) is 4. The molecule has 0 radical (unpaired) electrons. The number of carbonyl (C=O) groups excluding carboxylic acids is 2. The maximum absolute atomic E-state index is 13.9. The molecule has 30 heavy (non-hydrogen) atoms. The maximum Gasteiger partial charge on any atom is 0.274 e. The monoisotopic (exact) mass is 413 g/mol. The van der Waals surface area contributed by atoms with Crippen molar-refractivity contribution in [1.29, 1.82) is 0 Å². The van der Waals surface area contributed by atoms with Crippen LogP contribution in [0.25, 0.3) is 11.3 Å². The lowest BCUT2D eigenvalue weighted by Crippen LogP contribution is -2.46. The van der Waals surface area contributed by atoms with Gasteiger partial charge in [-0.25, -0.2) is 4.39 Å². The molecule has 0 bridgehead atoms. The van der Waals surface area contributed by atoms with Gasteiger partial charge in [0, 0.05) is 36.8 Å². The molecule has 1 saturated carbocycles. The van der Waals surface area contributed by atoms with Gasteiger partial charge in [-0.2, -0.15) is 5.10 Å². The minimum Gasteiger partial charge on any atom is -0.353 e. The Balaban J connectivity index is 1.30. The summed E-state index contributed by atoms with van der Waals surface area (Å²) >= 11 is 0. The minimum atomic E-state index is -0.473. The zero-order chi connectivity index (χ0) is 21.1. The Hall–Kier alpha value is -2.77. The predicted octanol–water partition coefficient (Wildman–Crippen LogP) is 3.16. The van der Waals surface area contributed by atoms with Gasteiger partial charge in [-0.15, -0.1) is 0 Å². The van der Waals surface area contributed by atoms with E-state index in [4.69, 9.17) is 0 Å². The van der Waals surface area contributed by atoms with Crippen molar-refractivity contribution in [2.24, 2.45) is 11.8 Å². The highest BCUT2D eigenvalue weighted by Crippen LogP contribution is 2.26. The summed E-state index contributed by atoms with van der Waals surface area (Å²) in [4.78, 5) is 30.9. The van der Waals surface area contributed by atoms with Crippen LogP contribution in [0, 0.1) is 17.7 Å². The minimum absolute atomic E-state index is 0.0472. The summed E-state index contributed by atoms with van der Waals surface area (Å²) < 4.78 is 13.9. The molecule has 4 rings (SSSR count). The molecule has 2 amide bonds. The van der Waals surface area contributed by atoms with Crippen molar-refractivity contribution in [1.82, 2.24) is 25.4 Å². The number of H-pyrrole nitrogens is 1. The molecule has 2 fully saturated rings. The van der Waals surface area contributed by atoms with Gasteiger partial charge in [0.1, 0.15) is 0 Å². The summed E-state index contributed by atoms with van der Waals surface area (Å²) in [5, 5.41) is 10.0. The zero-order valence-electron chi connectivity index (χ0n) is 17.2. The number of halogens is 1. The summed E-state index contributed by atoms with van der Waals surface area (Å²) in [7, 11) is 0. The first-order chi connectivity index (χ1) is 14.5. The van der Waals surface area contributed by atoms with Gasteiger partial charge >= 0.3 is 0 Å². The molecule has 2 aromatic rings. The largest absolute Gasteiger partial charge is 0.353 e. The number of pyridine rings is 1. The highest BCUT2D eigenvalue weighted by molar-refractivity contribution is 5.93. The van der Waals surface area contributed by atoms with Gasteiger partial charge in [-0.1, -0.05) is 6.92 Å². The van der Waals surface area contributed by atoms with Crippen LogP contribution in [0.2, 0.25) is 0 Å². The van der Waals surface area contributed by atoms with Gasteiger partial charge < -0.3 is 10.2 Å². The van der Waals surface area contributed by atoms with Crippen LogP contribution in [0.1, 0.15) is 55.9 Å². The highest BCUT2D eigenvalue weighted by atomic mass is 19.1. The summed E-state index contributed by atoms with van der Waals surface area (Å²) in [6.45, 7) is 3.30. The first-order valence-electron chi connectivity index (χ1n) is 10.8. The van der Waals surface area contributed by atoms with E-state index < -0.39 is 5.82 Å². The Morgan fingerprint density at radius 2 is 1.90 bits per heavy atom. The van der Waals surface area contributed by atoms with Crippen LogP contribution >= 0.6 is 0 Å². The molecule has 2 aromatic heterocycles. The fraction of sp³-hybridized carbons (Fsp3) is 0.545. The average Bonchev–Trinajstić information content (AvgIpc) is 3.25. The van der Waals surface area contributed by atoms with Gasteiger partial charge in [-0.05, 0) is 56.6 Å². The van der Waals surface area contributed by atoms with Gasteiger partial charge in [0.25, 0.3) is 5.91 Å². The third-order valence-electron chi connectivity index (χ3n) is 6.37. The lowest BCUT2D eigenvalue weighted by molar-refractivity contribution is -0.127. The van der Waals surface area contributed by atoms with Crippen molar-refractivity contribution < 1.29 is 14.0 Å². The summed E-state index contributed by atoms with van der Waals surface area (Å²) in [5.74, 6) is 0.155. The van der Waals surface area contributed by atoms with E-state index in [9.17, 15) is 14.0 Å². The van der Waals surface area contributed by atoms with Crippen molar-refractivity contribution in [3.8, 4) is 11.3 Å². The summed E-state index contributed by atoms with van der Waals surface area (Å²) in [6, 6.07) is 3.39. The van der Waals surface area contributed by atoms with Crippen LogP contribution in [0.15, 0.2) is 24.5 Å². The average molecular weight is 413 g/mol. The Bertz CT molecular complexity index is 898. The van der Waals surface area contributed by atoms with Crippen molar-refractivity contribution >= 4 is 11.8 Å². The van der Waals surface area contributed by atoms with Crippen LogP contribution in [0.4, 0.5) is 4.39 Å². The molecule has 0 unspecified atom stereocenters. The van der Waals surface area contributed by atoms with E-state index in [0.717, 1.165) is 25.0 Å². The number of nitrogens with zero attached hydrogens (tertiary/aromatic N) is 3. The number of aromatic amines is 1. The molecule has 1 saturated heterocycles. The second kappa shape index (κ2) is 8.93. The third kappa shape index (κ3) is 4.52. The van der Waals surface area contributed by atoms with E-state index >= 15 is 0 Å². The van der Waals surface area contributed by atoms with E-state index in [2.05, 4.69) is 27.4 Å². The molecular weight excluding hydrogens is 385 g/mol. The molecule has 2 aliphatic rings. The molecule has 7 nitrogen and oxygen atoms in total. The number of carbonyl (C=O) groups is 2. The lowest BCUT2D eigenvalue weighted by Gasteiger charge is -2.33. The smallest absolute Gasteiger partial charge is 0.274 e. The molecule has 0 atom stereocenters. The van der Waals surface area contributed by atoms with Crippen LogP contribution in [0.3, 0.4) is 0 Å². The molecule has 1 aliphatic heterocycles. The number of piperidine rings is 1. The summed E-state index contributed by atoms with van der Waals surface area (Å²) in [6.07, 6.45) is 8.38. The van der Waals surface area contributed by atoms with E-state index in [0.29, 0.717) is 43.2 Å². The van der Waals surface area contributed by atoms with E-state index in [1.165, 1.54) is 25.1 Å². The van der Waals surface area contributed by atoms with Crippen LogP contribution in [-0.4, -0.2) is 51.0 Å². The molecule has 1 aliphatic carbocycles. The molecule has 8 heteroatoms. The Morgan fingerprint density at radius 1 is 1.17 bits per heavy atom. The maximum atomic E-state index is 13.9. The molecular formula is C22H28FN5O2. The van der Waals surface area contributed by atoms with Crippen LogP contribution in [0.5, 0.6) is 0 Å². The standard InChI is InChI=1S/C22H28FN5O2/c1-14-2-4-16(5-3-14)25-21(29)15-7-10-28(11-8-15)22(30)20-12-19(26-27-20)17-6-9-24-13-18(17)23/h6,9,12-16H,2-5,7-8,10-11H2,1H3,(H,25,29)(H,26,27). The number of likely N-dealkylation sites (tertiary alicyclic amines) is 1. The molecule has 160 valence electrons. The van der Waals surface area contributed by atoms with Crippen LogP contribution < -0.4 is 5.32 Å². The topological polar surface area (TPSA) is 91.0 Å². The van der Waals surface area contributed by atoms with Gasteiger partial charge in [0.05, 0.1) is 11.9 Å². The van der Waals surface area contributed by atoms with Crippen molar-refractivity contribution in [3.05, 3.63) is 36.0 Å². The van der Waals surface area contributed by atoms with Gasteiger partial charge in [0.2, 0.25) is 5.91 Å². The van der Waals surface area contributed by atoms with Gasteiger partial charge in [-0.3, -0.25) is 19.7 Å². The predicted molar refractivity (Wildman–Crippen MR) is 110 cm³/mol. The second-order valence-electron chi connectivity index (χ2n) is 8.55. The molecule has 3 heterocycles. The molecule has 0 spiro atoms. The SMILES string of the molecule is CC1CCC(NC(=O)C2CCN(C(=O)c3cc(-c4ccncc4F)[nH]n3)CC2)CC1. The number of hydrogen-bond donors (Lipinski definition) is 2. The normalized spacial score (nSPS) is 22.7. The molecule has 0 aromatic carbocycles. The quantitative estimate of drug-likeness (QED) is 0.806. The number of nitrogens with one attached hydrogen (secondary N) is 2. The Kier molecular flexibility index (Phi) is 6.11. The van der Waals surface area contributed by atoms with Crippen molar-refractivity contribution in [3.63, 3.8) is 0 Å². The second-order valence-corrected chi connectivity index (χ2v) is 8.55. The number of amides is 2. The van der Waals surface area contributed by atoms with E-state index in [1.54, 1.807) is 11.0 Å². The fourth-order valence-corrected chi connectivity index (χ4v) is 4.39. The first-order valence-corrected chi connectivity index (χ1v) is 10.8. The van der Waals surface area contributed by atoms with Crippen molar-refractivity contribution in [2.75, 3.05) is 13.1 Å². The zero-order valence-corrected chi connectivity index (χ0v) is 17.2. The Morgan fingerprint density at radius 3 is 2.60 bits per heavy atom. The lowest BCUT2D eigenvalue weighted by atomic mass is 9.86. The van der Waals surface area contributed by atoms with Gasteiger partial charge in [0.15, 0.2) is 11.5 Å². The van der Waals surface area contributed by atoms with Crippen molar-refractivity contribution in [2.45, 2.75) is 51.5 Å². The molecule has 2 N–H and O–H groups in total. The van der Waals surface area contributed by atoms with E-state index in [1.807, 2.05) is 0 Å². The number of aromatic nitrogens is 3.